The van der Waals surface area contributed by atoms with Crippen molar-refractivity contribution in [3.8, 4) is 0 Å². The van der Waals surface area contributed by atoms with E-state index in [9.17, 15) is 4.79 Å². The van der Waals surface area contributed by atoms with Crippen LogP contribution in [0.25, 0.3) is 0 Å². The van der Waals surface area contributed by atoms with Crippen molar-refractivity contribution in [3.63, 3.8) is 0 Å². The van der Waals surface area contributed by atoms with Crippen LogP contribution in [0.4, 0.5) is 0 Å². The molecule has 0 heterocycles. The zero-order valence-corrected chi connectivity index (χ0v) is 9.43. The smallest absolute Gasteiger partial charge is 0.226 e. The van der Waals surface area contributed by atoms with Crippen molar-refractivity contribution >= 4 is 5.91 Å². The van der Waals surface area contributed by atoms with Crippen LogP contribution in [-0.2, 0) is 11.3 Å². The first-order valence-electron chi connectivity index (χ1n) is 5.84. The highest BCUT2D eigenvalue weighted by Crippen LogP contribution is 2.31. The number of nitrogens with two attached hydrogens (primary N) is 1. The molecule has 16 heavy (non-hydrogen) atoms. The van der Waals surface area contributed by atoms with Crippen LogP contribution in [-0.4, -0.2) is 23.9 Å². The van der Waals surface area contributed by atoms with Crippen molar-refractivity contribution in [1.82, 2.24) is 4.90 Å². The Hall–Kier alpha value is -1.35. The molecule has 86 valence electrons. The van der Waals surface area contributed by atoms with Gasteiger partial charge >= 0.3 is 0 Å². The molecule has 2 N–H and O–H groups in total. The van der Waals surface area contributed by atoms with Gasteiger partial charge in [-0.1, -0.05) is 30.3 Å². The standard InChI is InChI=1S/C13H18N2O/c14-8-9-15(13(16)12-6-7-12)10-11-4-2-1-3-5-11/h1-5,12H,6-10,14H2. The predicted molar refractivity (Wildman–Crippen MR) is 63.6 cm³/mol. The van der Waals surface area contributed by atoms with Gasteiger partial charge in [0, 0.05) is 25.6 Å². The number of carbonyl (C=O) groups excluding carboxylic acids is 1. The fourth-order valence-electron chi connectivity index (χ4n) is 1.82. The molecule has 3 nitrogen and oxygen atoms in total. The van der Waals surface area contributed by atoms with Gasteiger partial charge in [-0.05, 0) is 18.4 Å². The number of hydrogen-bond donors (Lipinski definition) is 1. The van der Waals surface area contributed by atoms with Crippen molar-refractivity contribution in [2.24, 2.45) is 11.7 Å². The summed E-state index contributed by atoms with van der Waals surface area (Å²) in [7, 11) is 0. The Morgan fingerprint density at radius 2 is 2.00 bits per heavy atom. The van der Waals surface area contributed by atoms with Crippen LogP contribution in [0, 0.1) is 5.92 Å². The van der Waals surface area contributed by atoms with Crippen molar-refractivity contribution in [2.45, 2.75) is 19.4 Å². The summed E-state index contributed by atoms with van der Waals surface area (Å²) >= 11 is 0. The van der Waals surface area contributed by atoms with Gasteiger partial charge in [-0.3, -0.25) is 4.79 Å². The third-order valence-corrected chi connectivity index (χ3v) is 2.85. The lowest BCUT2D eigenvalue weighted by Crippen LogP contribution is -2.35. The average molecular weight is 218 g/mol. The number of amides is 1. The van der Waals surface area contributed by atoms with Crippen LogP contribution in [0.3, 0.4) is 0 Å². The molecule has 1 aliphatic carbocycles. The molecule has 0 aromatic heterocycles. The molecule has 0 saturated heterocycles. The topological polar surface area (TPSA) is 46.3 Å². The molecule has 1 aromatic rings. The third-order valence-electron chi connectivity index (χ3n) is 2.85. The summed E-state index contributed by atoms with van der Waals surface area (Å²) in [6.45, 7) is 1.88. The summed E-state index contributed by atoms with van der Waals surface area (Å²) in [6.07, 6.45) is 2.10. The van der Waals surface area contributed by atoms with Crippen molar-refractivity contribution in [1.29, 1.82) is 0 Å². The molecule has 0 atom stereocenters. The van der Waals surface area contributed by atoms with Crippen LogP contribution in [0.2, 0.25) is 0 Å². The maximum atomic E-state index is 12.0. The van der Waals surface area contributed by atoms with E-state index in [-0.39, 0.29) is 11.8 Å². The highest BCUT2D eigenvalue weighted by Gasteiger charge is 2.32. The van der Waals surface area contributed by atoms with Gasteiger partial charge in [0.1, 0.15) is 0 Å². The third kappa shape index (κ3) is 2.83. The number of carbonyl (C=O) groups is 1. The number of hydrogen-bond acceptors (Lipinski definition) is 2. The minimum Gasteiger partial charge on any atom is -0.337 e. The summed E-state index contributed by atoms with van der Waals surface area (Å²) in [5.74, 6) is 0.546. The molecule has 1 saturated carbocycles. The summed E-state index contributed by atoms with van der Waals surface area (Å²) in [6, 6.07) is 10.1. The summed E-state index contributed by atoms with van der Waals surface area (Å²) in [4.78, 5) is 13.9. The number of benzene rings is 1. The molecule has 0 radical (unpaired) electrons. The van der Waals surface area contributed by atoms with Crippen LogP contribution < -0.4 is 5.73 Å². The van der Waals surface area contributed by atoms with Crippen LogP contribution in [0.15, 0.2) is 30.3 Å². The Labute approximate surface area is 96.2 Å². The molecule has 0 spiro atoms. The number of nitrogens with zero attached hydrogens (tertiary/aromatic N) is 1. The van der Waals surface area contributed by atoms with Crippen molar-refractivity contribution in [3.05, 3.63) is 35.9 Å². The Morgan fingerprint density at radius 3 is 2.56 bits per heavy atom. The summed E-state index contributed by atoms with van der Waals surface area (Å²) in [5, 5.41) is 0. The van der Waals surface area contributed by atoms with E-state index in [1.165, 1.54) is 5.56 Å². The monoisotopic (exact) mass is 218 g/mol. The normalized spacial score (nSPS) is 14.8. The molecule has 0 unspecified atom stereocenters. The van der Waals surface area contributed by atoms with Crippen LogP contribution in [0.1, 0.15) is 18.4 Å². The van der Waals surface area contributed by atoms with E-state index in [2.05, 4.69) is 0 Å². The van der Waals surface area contributed by atoms with Gasteiger partial charge in [-0.2, -0.15) is 0 Å². The Kier molecular flexibility index (Phi) is 3.57. The molecule has 1 aliphatic rings. The fourth-order valence-corrected chi connectivity index (χ4v) is 1.82. The molecule has 1 amide bonds. The SMILES string of the molecule is NCCN(Cc1ccccc1)C(=O)C1CC1. The molecule has 1 aromatic carbocycles. The molecule has 0 aliphatic heterocycles. The van der Waals surface area contributed by atoms with Gasteiger partial charge < -0.3 is 10.6 Å². The molecule has 2 rings (SSSR count). The van der Waals surface area contributed by atoms with E-state index in [1.54, 1.807) is 0 Å². The van der Waals surface area contributed by atoms with Gasteiger partial charge in [0.05, 0.1) is 0 Å². The Bertz CT molecular complexity index is 346. The van der Waals surface area contributed by atoms with Crippen molar-refractivity contribution in [2.75, 3.05) is 13.1 Å². The lowest BCUT2D eigenvalue weighted by molar-refractivity contribution is -0.133. The van der Waals surface area contributed by atoms with Crippen LogP contribution >= 0.6 is 0 Å². The van der Waals surface area contributed by atoms with Crippen LogP contribution in [0.5, 0.6) is 0 Å². The quantitative estimate of drug-likeness (QED) is 0.811. The summed E-state index contributed by atoms with van der Waals surface area (Å²) < 4.78 is 0. The molecular weight excluding hydrogens is 200 g/mol. The lowest BCUT2D eigenvalue weighted by atomic mass is 10.2. The Balaban J connectivity index is 1.99. The molecule has 3 heteroatoms. The van der Waals surface area contributed by atoms with Gasteiger partial charge in [-0.15, -0.1) is 0 Å². The van der Waals surface area contributed by atoms with E-state index < -0.39 is 0 Å². The number of rotatable bonds is 5. The maximum Gasteiger partial charge on any atom is 0.226 e. The fraction of sp³-hybridized carbons (Fsp3) is 0.462. The first-order chi connectivity index (χ1) is 7.81. The molecular formula is C13H18N2O. The van der Waals surface area contributed by atoms with Gasteiger partial charge in [0.15, 0.2) is 0 Å². The van der Waals surface area contributed by atoms with E-state index in [1.807, 2.05) is 35.2 Å². The lowest BCUT2D eigenvalue weighted by Gasteiger charge is -2.22. The molecule has 0 bridgehead atoms. The minimum atomic E-state index is 0.273. The summed E-state index contributed by atoms with van der Waals surface area (Å²) in [5.41, 5.74) is 6.72. The first kappa shape index (κ1) is 11.1. The zero-order chi connectivity index (χ0) is 11.4. The van der Waals surface area contributed by atoms with E-state index in [4.69, 9.17) is 5.73 Å². The van der Waals surface area contributed by atoms with Gasteiger partial charge in [0.2, 0.25) is 5.91 Å². The van der Waals surface area contributed by atoms with Gasteiger partial charge in [-0.25, -0.2) is 0 Å². The molecule has 1 fully saturated rings. The average Bonchev–Trinajstić information content (AvgIpc) is 3.13. The van der Waals surface area contributed by atoms with Gasteiger partial charge in [0.25, 0.3) is 0 Å². The maximum absolute atomic E-state index is 12.0. The largest absolute Gasteiger partial charge is 0.337 e. The second-order valence-corrected chi connectivity index (χ2v) is 4.31. The van der Waals surface area contributed by atoms with E-state index >= 15 is 0 Å². The van der Waals surface area contributed by atoms with Crippen molar-refractivity contribution < 1.29 is 4.79 Å². The first-order valence-corrected chi connectivity index (χ1v) is 5.84. The van der Waals surface area contributed by atoms with E-state index in [0.29, 0.717) is 19.6 Å². The highest BCUT2D eigenvalue weighted by molar-refractivity contribution is 5.81. The Morgan fingerprint density at radius 1 is 1.31 bits per heavy atom. The highest BCUT2D eigenvalue weighted by atomic mass is 16.2. The van der Waals surface area contributed by atoms with E-state index in [0.717, 1.165) is 12.8 Å². The predicted octanol–water partition coefficient (Wildman–Crippen LogP) is 1.38. The minimum absolute atomic E-state index is 0.273. The second-order valence-electron chi connectivity index (χ2n) is 4.31. The zero-order valence-electron chi connectivity index (χ0n) is 9.43. The second kappa shape index (κ2) is 5.12.